The summed E-state index contributed by atoms with van der Waals surface area (Å²) in [7, 11) is 3.29. The lowest BCUT2D eigenvalue weighted by Crippen LogP contribution is -2.24. The third-order valence-electron chi connectivity index (χ3n) is 3.18. The van der Waals surface area contributed by atoms with Gasteiger partial charge in [0, 0.05) is 4.47 Å². The first-order valence-corrected chi connectivity index (χ1v) is 6.83. The standard InChI is InChI=1S/C14H22BrNO2/c1-14(2,9-16)6-5-10-7-12(17-3)13(18-4)8-11(10)15/h7-8H,5-6,9,16H2,1-4H3. The SMILES string of the molecule is COc1cc(Br)c(CCC(C)(C)CN)cc1OC. The van der Waals surface area contributed by atoms with Gasteiger partial charge in [-0.3, -0.25) is 0 Å². The Hall–Kier alpha value is -0.740. The number of aryl methyl sites for hydroxylation is 1. The molecular weight excluding hydrogens is 294 g/mol. The average molecular weight is 316 g/mol. The van der Waals surface area contributed by atoms with E-state index in [0.717, 1.165) is 28.8 Å². The smallest absolute Gasteiger partial charge is 0.161 e. The van der Waals surface area contributed by atoms with Crippen molar-refractivity contribution in [2.24, 2.45) is 11.1 Å². The molecule has 1 aromatic rings. The van der Waals surface area contributed by atoms with Gasteiger partial charge in [0.15, 0.2) is 11.5 Å². The molecule has 0 spiro atoms. The Kier molecular flexibility index (Phi) is 5.47. The van der Waals surface area contributed by atoms with Gasteiger partial charge < -0.3 is 15.2 Å². The highest BCUT2D eigenvalue weighted by atomic mass is 79.9. The Bertz CT molecular complexity index is 405. The second-order valence-corrected chi connectivity index (χ2v) is 6.02. The molecule has 0 radical (unpaired) electrons. The molecule has 0 atom stereocenters. The number of ether oxygens (including phenoxy) is 2. The molecule has 0 fully saturated rings. The second-order valence-electron chi connectivity index (χ2n) is 5.17. The van der Waals surface area contributed by atoms with Crippen LogP contribution in [0.3, 0.4) is 0 Å². The Balaban J connectivity index is 2.89. The van der Waals surface area contributed by atoms with Crippen LogP contribution in [-0.4, -0.2) is 20.8 Å². The van der Waals surface area contributed by atoms with Crippen molar-refractivity contribution in [3.8, 4) is 11.5 Å². The van der Waals surface area contributed by atoms with Crippen molar-refractivity contribution in [3.05, 3.63) is 22.2 Å². The van der Waals surface area contributed by atoms with Crippen molar-refractivity contribution in [2.75, 3.05) is 20.8 Å². The monoisotopic (exact) mass is 315 g/mol. The molecule has 1 rings (SSSR count). The van der Waals surface area contributed by atoms with Crippen LogP contribution in [0.2, 0.25) is 0 Å². The topological polar surface area (TPSA) is 44.5 Å². The van der Waals surface area contributed by atoms with Gasteiger partial charge in [-0.05, 0) is 42.5 Å². The highest BCUT2D eigenvalue weighted by Crippen LogP contribution is 2.35. The molecule has 4 heteroatoms. The minimum absolute atomic E-state index is 0.159. The normalized spacial score (nSPS) is 11.4. The molecule has 0 aliphatic carbocycles. The molecule has 102 valence electrons. The summed E-state index contributed by atoms with van der Waals surface area (Å²) >= 11 is 3.57. The lowest BCUT2D eigenvalue weighted by molar-refractivity contribution is 0.344. The van der Waals surface area contributed by atoms with Gasteiger partial charge in [-0.25, -0.2) is 0 Å². The molecule has 0 saturated carbocycles. The third kappa shape index (κ3) is 3.89. The Morgan fingerprint density at radius 2 is 1.72 bits per heavy atom. The zero-order chi connectivity index (χ0) is 13.8. The summed E-state index contributed by atoms with van der Waals surface area (Å²) in [6, 6.07) is 3.97. The predicted octanol–water partition coefficient (Wildman–Crippen LogP) is 3.38. The lowest BCUT2D eigenvalue weighted by Gasteiger charge is -2.22. The predicted molar refractivity (Wildman–Crippen MR) is 78.4 cm³/mol. The molecule has 0 heterocycles. The van der Waals surface area contributed by atoms with Crippen molar-refractivity contribution >= 4 is 15.9 Å². The van der Waals surface area contributed by atoms with E-state index in [4.69, 9.17) is 15.2 Å². The first-order valence-electron chi connectivity index (χ1n) is 6.04. The van der Waals surface area contributed by atoms with Crippen molar-refractivity contribution in [1.29, 1.82) is 0 Å². The fraction of sp³-hybridized carbons (Fsp3) is 0.571. The van der Waals surface area contributed by atoms with Crippen molar-refractivity contribution < 1.29 is 9.47 Å². The molecule has 3 nitrogen and oxygen atoms in total. The van der Waals surface area contributed by atoms with Crippen LogP contribution in [-0.2, 0) is 6.42 Å². The minimum atomic E-state index is 0.159. The number of halogens is 1. The summed E-state index contributed by atoms with van der Waals surface area (Å²) < 4.78 is 11.6. The van der Waals surface area contributed by atoms with Crippen LogP contribution in [0.15, 0.2) is 16.6 Å². The van der Waals surface area contributed by atoms with Gasteiger partial charge in [0.1, 0.15) is 0 Å². The number of hydrogen-bond donors (Lipinski definition) is 1. The van der Waals surface area contributed by atoms with E-state index in [-0.39, 0.29) is 5.41 Å². The molecule has 1 aromatic carbocycles. The Morgan fingerprint density at radius 1 is 1.17 bits per heavy atom. The quantitative estimate of drug-likeness (QED) is 0.875. The van der Waals surface area contributed by atoms with Crippen LogP contribution in [0.1, 0.15) is 25.8 Å². The van der Waals surface area contributed by atoms with Gasteiger partial charge in [-0.15, -0.1) is 0 Å². The minimum Gasteiger partial charge on any atom is -0.493 e. The number of methoxy groups -OCH3 is 2. The van der Waals surface area contributed by atoms with E-state index in [2.05, 4.69) is 29.8 Å². The first-order chi connectivity index (χ1) is 8.43. The molecule has 0 bridgehead atoms. The summed E-state index contributed by atoms with van der Waals surface area (Å²) in [5.41, 5.74) is 7.13. The number of nitrogens with two attached hydrogens (primary N) is 1. The summed E-state index contributed by atoms with van der Waals surface area (Å²) in [4.78, 5) is 0. The number of hydrogen-bond acceptors (Lipinski definition) is 3. The van der Waals surface area contributed by atoms with Gasteiger partial charge in [0.25, 0.3) is 0 Å². The molecule has 0 aliphatic heterocycles. The van der Waals surface area contributed by atoms with E-state index >= 15 is 0 Å². The maximum Gasteiger partial charge on any atom is 0.161 e. The zero-order valence-electron chi connectivity index (χ0n) is 11.5. The van der Waals surface area contributed by atoms with E-state index in [9.17, 15) is 0 Å². The molecule has 18 heavy (non-hydrogen) atoms. The molecule has 0 unspecified atom stereocenters. The summed E-state index contributed by atoms with van der Waals surface area (Å²) in [5, 5.41) is 0. The highest BCUT2D eigenvalue weighted by Gasteiger charge is 2.17. The van der Waals surface area contributed by atoms with Gasteiger partial charge in [-0.1, -0.05) is 29.8 Å². The second kappa shape index (κ2) is 6.43. The van der Waals surface area contributed by atoms with Crippen molar-refractivity contribution in [1.82, 2.24) is 0 Å². The molecule has 0 aliphatic rings. The van der Waals surface area contributed by atoms with E-state index in [1.54, 1.807) is 14.2 Å². The van der Waals surface area contributed by atoms with E-state index in [1.165, 1.54) is 5.56 Å². The van der Waals surface area contributed by atoms with Crippen molar-refractivity contribution in [3.63, 3.8) is 0 Å². The summed E-state index contributed by atoms with van der Waals surface area (Å²) in [6.45, 7) is 5.06. The van der Waals surface area contributed by atoms with Crippen LogP contribution in [0.4, 0.5) is 0 Å². The van der Waals surface area contributed by atoms with Crippen molar-refractivity contribution in [2.45, 2.75) is 26.7 Å². The Labute approximate surface area is 118 Å². The fourth-order valence-corrected chi connectivity index (χ4v) is 2.18. The number of benzene rings is 1. The van der Waals surface area contributed by atoms with Crippen LogP contribution >= 0.6 is 15.9 Å². The number of rotatable bonds is 6. The summed E-state index contributed by atoms with van der Waals surface area (Å²) in [6.07, 6.45) is 2.00. The van der Waals surface area contributed by atoms with Crippen LogP contribution < -0.4 is 15.2 Å². The van der Waals surface area contributed by atoms with E-state index in [1.807, 2.05) is 12.1 Å². The highest BCUT2D eigenvalue weighted by molar-refractivity contribution is 9.10. The molecule has 0 amide bonds. The molecule has 0 saturated heterocycles. The van der Waals surface area contributed by atoms with Gasteiger partial charge in [0.05, 0.1) is 14.2 Å². The van der Waals surface area contributed by atoms with Crippen LogP contribution in [0, 0.1) is 5.41 Å². The maximum atomic E-state index is 5.75. The maximum absolute atomic E-state index is 5.75. The molecule has 0 aromatic heterocycles. The largest absolute Gasteiger partial charge is 0.493 e. The van der Waals surface area contributed by atoms with E-state index in [0.29, 0.717) is 6.54 Å². The lowest BCUT2D eigenvalue weighted by atomic mass is 9.86. The zero-order valence-corrected chi connectivity index (χ0v) is 13.1. The first kappa shape index (κ1) is 15.3. The third-order valence-corrected chi connectivity index (χ3v) is 3.91. The van der Waals surface area contributed by atoms with Gasteiger partial charge >= 0.3 is 0 Å². The summed E-state index contributed by atoms with van der Waals surface area (Å²) in [5.74, 6) is 1.51. The van der Waals surface area contributed by atoms with E-state index < -0.39 is 0 Å². The van der Waals surface area contributed by atoms with Crippen LogP contribution in [0.25, 0.3) is 0 Å². The Morgan fingerprint density at radius 3 is 2.22 bits per heavy atom. The van der Waals surface area contributed by atoms with Gasteiger partial charge in [0.2, 0.25) is 0 Å². The fourth-order valence-electron chi connectivity index (χ4n) is 1.66. The van der Waals surface area contributed by atoms with Gasteiger partial charge in [-0.2, -0.15) is 0 Å². The van der Waals surface area contributed by atoms with Crippen LogP contribution in [0.5, 0.6) is 11.5 Å². The molecule has 2 N–H and O–H groups in total. The average Bonchev–Trinajstić information content (AvgIpc) is 2.36. The molecular formula is C14H22BrNO2.